The number of hydrogen-bond acceptors (Lipinski definition) is 4. The fourth-order valence-corrected chi connectivity index (χ4v) is 2.97. The number of halogens is 1. The second-order valence-electron chi connectivity index (χ2n) is 6.15. The van der Waals surface area contributed by atoms with Crippen LogP contribution in [0, 0.1) is 6.92 Å². The van der Waals surface area contributed by atoms with Crippen molar-refractivity contribution in [2.24, 2.45) is 0 Å². The van der Waals surface area contributed by atoms with Gasteiger partial charge in [-0.25, -0.2) is 9.67 Å². The van der Waals surface area contributed by atoms with Crippen LogP contribution >= 0.6 is 11.6 Å². The fourth-order valence-electron chi connectivity index (χ4n) is 2.84. The van der Waals surface area contributed by atoms with Gasteiger partial charge in [0.25, 0.3) is 5.56 Å². The molecule has 2 heterocycles. The molecule has 0 bridgehead atoms. The lowest BCUT2D eigenvalue weighted by Gasteiger charge is -2.08. The predicted molar refractivity (Wildman–Crippen MR) is 100 cm³/mol. The van der Waals surface area contributed by atoms with Crippen LogP contribution in [0.25, 0.3) is 11.2 Å². The van der Waals surface area contributed by atoms with Crippen LogP contribution in [0.15, 0.2) is 59.7 Å². The molecule has 0 aliphatic heterocycles. The van der Waals surface area contributed by atoms with Gasteiger partial charge in [-0.2, -0.15) is 0 Å². The van der Waals surface area contributed by atoms with Gasteiger partial charge in [-0.3, -0.25) is 9.36 Å². The van der Waals surface area contributed by atoms with Crippen LogP contribution in [0.5, 0.6) is 0 Å². The Bertz CT molecular complexity index is 1130. The molecule has 130 valence electrons. The minimum Gasteiger partial charge on any atom is -0.293 e. The number of benzene rings is 2. The van der Waals surface area contributed by atoms with Gasteiger partial charge in [-0.05, 0) is 35.7 Å². The zero-order valence-corrected chi connectivity index (χ0v) is 14.9. The van der Waals surface area contributed by atoms with Crippen molar-refractivity contribution in [3.63, 3.8) is 0 Å². The summed E-state index contributed by atoms with van der Waals surface area (Å²) in [6.45, 7) is 2.95. The maximum Gasteiger partial charge on any atom is 0.283 e. The first kappa shape index (κ1) is 16.5. The van der Waals surface area contributed by atoms with E-state index in [1.54, 1.807) is 15.6 Å². The van der Waals surface area contributed by atoms with Gasteiger partial charge >= 0.3 is 0 Å². The number of aryl methyl sites for hydroxylation is 1. The third-order valence-electron chi connectivity index (χ3n) is 4.34. The van der Waals surface area contributed by atoms with Gasteiger partial charge in [0.05, 0.1) is 13.1 Å². The van der Waals surface area contributed by atoms with Crippen molar-refractivity contribution in [1.82, 2.24) is 24.5 Å². The van der Waals surface area contributed by atoms with Crippen molar-refractivity contribution in [1.29, 1.82) is 0 Å². The van der Waals surface area contributed by atoms with E-state index in [0.717, 1.165) is 16.7 Å². The second-order valence-corrected chi connectivity index (χ2v) is 6.59. The summed E-state index contributed by atoms with van der Waals surface area (Å²) in [6.07, 6.45) is 1.55. The van der Waals surface area contributed by atoms with Crippen molar-refractivity contribution < 1.29 is 0 Å². The largest absolute Gasteiger partial charge is 0.293 e. The second kappa shape index (κ2) is 6.72. The maximum absolute atomic E-state index is 12.7. The first-order valence-corrected chi connectivity index (χ1v) is 8.57. The molecule has 0 aliphatic rings. The van der Waals surface area contributed by atoms with Crippen LogP contribution < -0.4 is 5.56 Å². The van der Waals surface area contributed by atoms with Crippen LogP contribution in [0.3, 0.4) is 0 Å². The molecule has 6 nitrogen and oxygen atoms in total. The minimum atomic E-state index is -0.194. The number of nitrogens with zero attached hydrogens (tertiary/aromatic N) is 5. The monoisotopic (exact) mass is 365 g/mol. The normalized spacial score (nSPS) is 11.2. The Morgan fingerprint density at radius 3 is 2.58 bits per heavy atom. The minimum absolute atomic E-state index is 0.194. The molecular formula is C19H16ClN5O. The molecule has 2 aromatic carbocycles. The average Bonchev–Trinajstić information content (AvgIpc) is 3.05. The van der Waals surface area contributed by atoms with Crippen molar-refractivity contribution in [2.45, 2.75) is 20.0 Å². The van der Waals surface area contributed by atoms with Crippen LogP contribution in [0.2, 0.25) is 5.02 Å². The number of aromatic nitrogens is 5. The topological polar surface area (TPSA) is 65.6 Å². The number of rotatable bonds is 4. The lowest BCUT2D eigenvalue weighted by Crippen LogP contribution is -2.22. The van der Waals surface area contributed by atoms with E-state index in [9.17, 15) is 4.79 Å². The summed E-state index contributed by atoms with van der Waals surface area (Å²) in [6, 6.07) is 15.4. The highest BCUT2D eigenvalue weighted by Crippen LogP contribution is 2.13. The van der Waals surface area contributed by atoms with E-state index in [0.29, 0.717) is 23.8 Å². The van der Waals surface area contributed by atoms with E-state index < -0.39 is 0 Å². The Kier molecular flexibility index (Phi) is 4.26. The van der Waals surface area contributed by atoms with E-state index in [2.05, 4.69) is 15.3 Å². The number of hydrogen-bond donors (Lipinski definition) is 0. The van der Waals surface area contributed by atoms with Crippen molar-refractivity contribution in [3.05, 3.63) is 86.9 Å². The lowest BCUT2D eigenvalue weighted by atomic mass is 10.1. The standard InChI is InChI=1S/C19H16ClN5O/c1-13-4-2-3-5-15(13)11-24-12-21-18-17(19(24)26)22-23-25(18)10-14-6-8-16(20)9-7-14/h2-9,12H,10-11H2,1H3. The van der Waals surface area contributed by atoms with Gasteiger partial charge in [0.2, 0.25) is 0 Å². The summed E-state index contributed by atoms with van der Waals surface area (Å²) < 4.78 is 3.18. The third kappa shape index (κ3) is 3.11. The molecule has 2 aromatic heterocycles. The Morgan fingerprint density at radius 2 is 1.81 bits per heavy atom. The molecule has 7 heteroatoms. The molecular weight excluding hydrogens is 350 g/mol. The molecule has 0 saturated carbocycles. The Balaban J connectivity index is 1.68. The van der Waals surface area contributed by atoms with Gasteiger partial charge in [-0.15, -0.1) is 5.10 Å². The Labute approximate surface area is 154 Å². The Morgan fingerprint density at radius 1 is 1.04 bits per heavy atom. The summed E-state index contributed by atoms with van der Waals surface area (Å²) in [5, 5.41) is 8.82. The van der Waals surface area contributed by atoms with Gasteiger partial charge in [0.15, 0.2) is 11.2 Å². The molecule has 0 amide bonds. The number of fused-ring (bicyclic) bond motifs is 1. The van der Waals surface area contributed by atoms with Crippen molar-refractivity contribution in [3.8, 4) is 0 Å². The van der Waals surface area contributed by atoms with Crippen molar-refractivity contribution >= 4 is 22.8 Å². The summed E-state index contributed by atoms with van der Waals surface area (Å²) in [7, 11) is 0. The van der Waals surface area contributed by atoms with Crippen LogP contribution in [-0.4, -0.2) is 24.5 Å². The molecule has 0 radical (unpaired) electrons. The predicted octanol–water partition coefficient (Wildman–Crippen LogP) is 3.05. The van der Waals surface area contributed by atoms with E-state index in [1.807, 2.05) is 55.5 Å². The van der Waals surface area contributed by atoms with Crippen LogP contribution in [-0.2, 0) is 13.1 Å². The molecule has 4 aromatic rings. The molecule has 0 saturated heterocycles. The van der Waals surface area contributed by atoms with Gasteiger partial charge < -0.3 is 0 Å². The fraction of sp³-hybridized carbons (Fsp3) is 0.158. The highest BCUT2D eigenvalue weighted by Gasteiger charge is 2.13. The summed E-state index contributed by atoms with van der Waals surface area (Å²) in [5.41, 5.74) is 3.77. The van der Waals surface area contributed by atoms with Gasteiger partial charge in [0.1, 0.15) is 6.33 Å². The third-order valence-corrected chi connectivity index (χ3v) is 4.59. The average molecular weight is 366 g/mol. The smallest absolute Gasteiger partial charge is 0.283 e. The zero-order chi connectivity index (χ0) is 18.1. The maximum atomic E-state index is 12.7. The molecule has 0 atom stereocenters. The van der Waals surface area contributed by atoms with Crippen molar-refractivity contribution in [2.75, 3.05) is 0 Å². The molecule has 0 fully saturated rings. The van der Waals surface area contributed by atoms with Gasteiger partial charge in [0, 0.05) is 5.02 Å². The SMILES string of the molecule is Cc1ccccc1Cn1cnc2c(nnn2Cc2ccc(Cl)cc2)c1=O. The van der Waals surface area contributed by atoms with E-state index in [-0.39, 0.29) is 11.1 Å². The van der Waals surface area contributed by atoms with E-state index >= 15 is 0 Å². The summed E-state index contributed by atoms with van der Waals surface area (Å²) >= 11 is 5.91. The molecule has 0 aliphatic carbocycles. The van der Waals surface area contributed by atoms with E-state index in [1.165, 1.54) is 0 Å². The molecule has 0 N–H and O–H groups in total. The zero-order valence-electron chi connectivity index (χ0n) is 14.1. The Hall–Kier alpha value is -2.99. The molecule has 4 rings (SSSR count). The van der Waals surface area contributed by atoms with Crippen LogP contribution in [0.1, 0.15) is 16.7 Å². The van der Waals surface area contributed by atoms with E-state index in [4.69, 9.17) is 11.6 Å². The molecule has 0 spiro atoms. The summed E-state index contributed by atoms with van der Waals surface area (Å²) in [5.74, 6) is 0. The highest BCUT2D eigenvalue weighted by molar-refractivity contribution is 6.30. The van der Waals surface area contributed by atoms with Gasteiger partial charge in [-0.1, -0.05) is 53.2 Å². The highest BCUT2D eigenvalue weighted by atomic mass is 35.5. The molecule has 26 heavy (non-hydrogen) atoms. The quantitative estimate of drug-likeness (QED) is 0.557. The summed E-state index contributed by atoms with van der Waals surface area (Å²) in [4.78, 5) is 17.2. The first-order valence-electron chi connectivity index (χ1n) is 8.19. The first-order chi connectivity index (χ1) is 12.6. The molecule has 0 unspecified atom stereocenters. The lowest BCUT2D eigenvalue weighted by molar-refractivity contribution is 0.662. The van der Waals surface area contributed by atoms with Crippen LogP contribution in [0.4, 0.5) is 0 Å².